The molecule has 5 nitrogen and oxygen atoms in total. The van der Waals surface area contributed by atoms with E-state index in [1.807, 2.05) is 50.2 Å². The summed E-state index contributed by atoms with van der Waals surface area (Å²) in [5, 5.41) is 3.38. The van der Waals surface area contributed by atoms with Crippen molar-refractivity contribution in [2.75, 3.05) is 17.2 Å². The minimum Gasteiger partial charge on any atom is -0.355 e. The van der Waals surface area contributed by atoms with Crippen molar-refractivity contribution in [2.24, 2.45) is 4.99 Å². The normalized spacial score (nSPS) is 15.0. The van der Waals surface area contributed by atoms with E-state index in [1.165, 1.54) is 17.3 Å². The van der Waals surface area contributed by atoms with E-state index in [0.29, 0.717) is 23.3 Å². The molecule has 2 aromatic rings. The van der Waals surface area contributed by atoms with Crippen LogP contribution in [0.5, 0.6) is 0 Å². The highest BCUT2D eigenvalue weighted by molar-refractivity contribution is 8.14. The summed E-state index contributed by atoms with van der Waals surface area (Å²) in [5.41, 5.74) is 4.40. The standard InChI is InChI=1S/C25H29N3O2S/c1-5-14-26-23(29)16-31-25-27-22(15-19-8-10-20(11-9-19)17(2)3)24(30)28(25)21-12-6-18(4)7-13-21/h6-13,15,17H,5,14,16H2,1-4H3,(H,26,29)/b22-15-. The molecule has 0 saturated carbocycles. The molecule has 0 unspecified atom stereocenters. The summed E-state index contributed by atoms with van der Waals surface area (Å²) in [5.74, 6) is 0.415. The molecular formula is C25H29N3O2S. The molecule has 6 heteroatoms. The Labute approximate surface area is 188 Å². The van der Waals surface area contributed by atoms with Gasteiger partial charge in [-0.05, 0) is 48.6 Å². The van der Waals surface area contributed by atoms with Crippen LogP contribution >= 0.6 is 11.8 Å². The van der Waals surface area contributed by atoms with Crippen LogP contribution in [0.3, 0.4) is 0 Å². The van der Waals surface area contributed by atoms with Gasteiger partial charge in [0, 0.05) is 6.54 Å². The Kier molecular flexibility index (Phi) is 7.69. The number of aryl methyl sites for hydroxylation is 1. The molecule has 0 fully saturated rings. The topological polar surface area (TPSA) is 61.8 Å². The Balaban J connectivity index is 1.87. The van der Waals surface area contributed by atoms with Gasteiger partial charge in [0.2, 0.25) is 5.91 Å². The summed E-state index contributed by atoms with van der Waals surface area (Å²) in [6, 6.07) is 15.9. The predicted molar refractivity (Wildman–Crippen MR) is 130 cm³/mol. The third kappa shape index (κ3) is 5.85. The highest BCUT2D eigenvalue weighted by atomic mass is 32.2. The maximum absolute atomic E-state index is 13.2. The Morgan fingerprint density at radius 1 is 1.13 bits per heavy atom. The fourth-order valence-corrected chi connectivity index (χ4v) is 3.94. The Bertz CT molecular complexity index is 992. The van der Waals surface area contributed by atoms with Gasteiger partial charge in [-0.25, -0.2) is 4.99 Å². The lowest BCUT2D eigenvalue weighted by atomic mass is 10.0. The number of rotatable bonds is 7. The quantitative estimate of drug-likeness (QED) is 0.614. The number of carbonyl (C=O) groups excluding carboxylic acids is 2. The molecule has 1 aliphatic rings. The molecule has 31 heavy (non-hydrogen) atoms. The van der Waals surface area contributed by atoms with Crippen molar-refractivity contribution in [1.82, 2.24) is 5.32 Å². The minimum absolute atomic E-state index is 0.0624. The second kappa shape index (κ2) is 10.4. The maximum atomic E-state index is 13.2. The first kappa shape index (κ1) is 22.8. The number of hydrogen-bond acceptors (Lipinski definition) is 4. The van der Waals surface area contributed by atoms with Crippen molar-refractivity contribution in [3.05, 3.63) is 70.9 Å². The molecule has 2 amide bonds. The van der Waals surface area contributed by atoms with Crippen LogP contribution in [-0.4, -0.2) is 29.3 Å². The van der Waals surface area contributed by atoms with Gasteiger partial charge >= 0.3 is 0 Å². The molecule has 0 radical (unpaired) electrons. The molecule has 162 valence electrons. The van der Waals surface area contributed by atoms with E-state index in [4.69, 9.17) is 0 Å². The van der Waals surface area contributed by atoms with Gasteiger partial charge < -0.3 is 5.32 Å². The van der Waals surface area contributed by atoms with E-state index in [-0.39, 0.29) is 17.6 Å². The average molecular weight is 436 g/mol. The van der Waals surface area contributed by atoms with Crippen LogP contribution in [0.4, 0.5) is 5.69 Å². The Morgan fingerprint density at radius 2 is 1.81 bits per heavy atom. The lowest BCUT2D eigenvalue weighted by Gasteiger charge is -2.18. The average Bonchev–Trinajstić information content (AvgIpc) is 3.06. The summed E-state index contributed by atoms with van der Waals surface area (Å²) in [7, 11) is 0. The summed E-state index contributed by atoms with van der Waals surface area (Å²) >= 11 is 1.28. The minimum atomic E-state index is -0.187. The zero-order valence-electron chi connectivity index (χ0n) is 18.5. The van der Waals surface area contributed by atoms with Crippen molar-refractivity contribution in [2.45, 2.75) is 40.0 Å². The highest BCUT2D eigenvalue weighted by Gasteiger charge is 2.32. The van der Waals surface area contributed by atoms with Crippen molar-refractivity contribution < 1.29 is 9.59 Å². The highest BCUT2D eigenvalue weighted by Crippen LogP contribution is 2.29. The first-order chi connectivity index (χ1) is 14.9. The summed E-state index contributed by atoms with van der Waals surface area (Å²) < 4.78 is 0. The number of amides is 2. The van der Waals surface area contributed by atoms with Gasteiger partial charge in [-0.15, -0.1) is 0 Å². The number of benzene rings is 2. The molecule has 3 rings (SSSR count). The molecule has 0 aliphatic carbocycles. The molecule has 0 aromatic heterocycles. The monoisotopic (exact) mass is 435 g/mol. The van der Waals surface area contributed by atoms with Crippen LogP contribution in [-0.2, 0) is 9.59 Å². The van der Waals surface area contributed by atoms with Gasteiger partial charge in [-0.2, -0.15) is 0 Å². The number of thioether (sulfide) groups is 1. The zero-order valence-corrected chi connectivity index (χ0v) is 19.3. The molecule has 0 saturated heterocycles. The van der Waals surface area contributed by atoms with Gasteiger partial charge in [-0.1, -0.05) is 74.5 Å². The van der Waals surface area contributed by atoms with E-state index in [2.05, 4.69) is 36.3 Å². The number of aliphatic imine (C=N–C) groups is 1. The van der Waals surface area contributed by atoms with Gasteiger partial charge in [0.15, 0.2) is 5.17 Å². The van der Waals surface area contributed by atoms with Crippen molar-refractivity contribution in [3.63, 3.8) is 0 Å². The largest absolute Gasteiger partial charge is 0.355 e. The van der Waals surface area contributed by atoms with Crippen LogP contribution in [0, 0.1) is 6.92 Å². The lowest BCUT2D eigenvalue weighted by molar-refractivity contribution is -0.118. The summed E-state index contributed by atoms with van der Waals surface area (Å²) in [4.78, 5) is 31.5. The van der Waals surface area contributed by atoms with Crippen LogP contribution in [0.1, 0.15) is 49.8 Å². The lowest BCUT2D eigenvalue weighted by Crippen LogP contribution is -2.32. The fourth-order valence-electron chi connectivity index (χ4n) is 3.10. The molecule has 0 bridgehead atoms. The zero-order chi connectivity index (χ0) is 22.4. The first-order valence-electron chi connectivity index (χ1n) is 10.6. The maximum Gasteiger partial charge on any atom is 0.283 e. The molecule has 2 aromatic carbocycles. The number of carbonyl (C=O) groups is 2. The molecule has 1 heterocycles. The second-order valence-corrected chi connectivity index (χ2v) is 8.80. The Hall–Kier alpha value is -2.86. The van der Waals surface area contributed by atoms with E-state index in [9.17, 15) is 9.59 Å². The number of nitrogens with zero attached hydrogens (tertiary/aromatic N) is 2. The Morgan fingerprint density at radius 3 is 2.42 bits per heavy atom. The SMILES string of the molecule is CCCNC(=O)CSC1=N/C(=C\c2ccc(C(C)C)cc2)C(=O)N1c1ccc(C)cc1. The van der Waals surface area contributed by atoms with Gasteiger partial charge in [0.05, 0.1) is 11.4 Å². The summed E-state index contributed by atoms with van der Waals surface area (Å²) in [6.07, 6.45) is 2.69. The molecule has 0 atom stereocenters. The van der Waals surface area contributed by atoms with Crippen molar-refractivity contribution in [3.8, 4) is 0 Å². The van der Waals surface area contributed by atoms with Crippen molar-refractivity contribution in [1.29, 1.82) is 0 Å². The number of amidine groups is 1. The molecule has 1 N–H and O–H groups in total. The van der Waals surface area contributed by atoms with E-state index in [0.717, 1.165) is 23.2 Å². The van der Waals surface area contributed by atoms with Gasteiger partial charge in [-0.3, -0.25) is 14.5 Å². The van der Waals surface area contributed by atoms with Crippen molar-refractivity contribution >= 4 is 40.5 Å². The molecule has 0 spiro atoms. The van der Waals surface area contributed by atoms with Crippen LogP contribution in [0.25, 0.3) is 6.08 Å². The van der Waals surface area contributed by atoms with Gasteiger partial charge in [0.1, 0.15) is 5.70 Å². The smallest absolute Gasteiger partial charge is 0.283 e. The van der Waals surface area contributed by atoms with Gasteiger partial charge in [0.25, 0.3) is 5.91 Å². The van der Waals surface area contributed by atoms with E-state index < -0.39 is 0 Å². The van der Waals surface area contributed by atoms with E-state index >= 15 is 0 Å². The van der Waals surface area contributed by atoms with Crippen LogP contribution < -0.4 is 10.2 Å². The summed E-state index contributed by atoms with van der Waals surface area (Å²) in [6.45, 7) is 8.96. The first-order valence-corrected chi connectivity index (χ1v) is 11.6. The van der Waals surface area contributed by atoms with Crippen LogP contribution in [0.2, 0.25) is 0 Å². The number of anilines is 1. The third-order valence-electron chi connectivity index (χ3n) is 4.93. The number of nitrogens with one attached hydrogen (secondary N) is 1. The van der Waals surface area contributed by atoms with Crippen LogP contribution in [0.15, 0.2) is 59.2 Å². The molecular weight excluding hydrogens is 406 g/mol. The second-order valence-electron chi connectivity index (χ2n) is 7.86. The third-order valence-corrected chi connectivity index (χ3v) is 5.87. The fraction of sp³-hybridized carbons (Fsp3) is 0.320. The number of hydrogen-bond donors (Lipinski definition) is 1. The van der Waals surface area contributed by atoms with E-state index in [1.54, 1.807) is 11.0 Å². The molecule has 1 aliphatic heterocycles. The predicted octanol–water partition coefficient (Wildman–Crippen LogP) is 5.12.